The van der Waals surface area contributed by atoms with Gasteiger partial charge in [-0.25, -0.2) is 4.98 Å². The third kappa shape index (κ3) is 4.11. The van der Waals surface area contributed by atoms with E-state index in [0.717, 1.165) is 0 Å². The summed E-state index contributed by atoms with van der Waals surface area (Å²) in [4.78, 5) is 31.9. The molecule has 0 aliphatic rings. The first-order chi connectivity index (χ1) is 13.1. The lowest BCUT2D eigenvalue weighted by atomic mass is 10.0. The molecule has 28 heavy (non-hydrogen) atoms. The van der Waals surface area contributed by atoms with Crippen LogP contribution in [0, 0.1) is 0 Å². The van der Waals surface area contributed by atoms with Crippen molar-refractivity contribution in [3.63, 3.8) is 0 Å². The Hall–Kier alpha value is -3.02. The summed E-state index contributed by atoms with van der Waals surface area (Å²) in [5, 5.41) is 1.03. The highest BCUT2D eigenvalue weighted by Crippen LogP contribution is 2.14. The molecule has 0 saturated heterocycles. The number of hydrogen-bond acceptors (Lipinski definition) is 3. The lowest BCUT2D eigenvalue weighted by Gasteiger charge is -2.03. The van der Waals surface area contributed by atoms with Crippen molar-refractivity contribution < 1.29 is 21.8 Å². The third-order valence-electron chi connectivity index (χ3n) is 4.24. The van der Waals surface area contributed by atoms with Crippen LogP contribution in [0.15, 0.2) is 77.9 Å². The Morgan fingerprint density at radius 1 is 1.00 bits per heavy atom. The Labute approximate surface area is 172 Å². The quantitative estimate of drug-likeness (QED) is 0.383. The number of pyridine rings is 1. The van der Waals surface area contributed by atoms with Crippen molar-refractivity contribution in [2.75, 3.05) is 0 Å². The van der Waals surface area contributed by atoms with E-state index in [2.05, 4.69) is 9.97 Å². The number of benzene rings is 2. The van der Waals surface area contributed by atoms with Crippen molar-refractivity contribution in [2.24, 2.45) is 0 Å². The number of nitrogens with one attached hydrogen (secondary N) is 1. The number of aromatic amines is 1. The average molecular weight is 412 g/mol. The molecule has 0 amide bonds. The topological polar surface area (TPSA) is 66.7 Å². The zero-order chi connectivity index (χ0) is 18.8. The van der Waals surface area contributed by atoms with Crippen LogP contribution in [0.3, 0.4) is 0 Å². The fourth-order valence-electron chi connectivity index (χ4n) is 2.88. The number of rotatable bonds is 4. The summed E-state index contributed by atoms with van der Waals surface area (Å²) in [6, 6.07) is 17.6. The molecular formula is C21H15Cl2N3O2. The van der Waals surface area contributed by atoms with Crippen LogP contribution in [0.4, 0.5) is 0 Å². The van der Waals surface area contributed by atoms with Gasteiger partial charge in [0.1, 0.15) is 0 Å². The number of aromatic nitrogens is 3. The summed E-state index contributed by atoms with van der Waals surface area (Å²) in [6.45, 7) is 0.373. The third-order valence-corrected chi connectivity index (χ3v) is 4.47. The molecule has 1 N–H and O–H groups in total. The molecule has 4 aromatic rings. The van der Waals surface area contributed by atoms with Crippen LogP contribution in [-0.4, -0.2) is 15.8 Å². The normalized spacial score (nSPS) is 10.5. The number of hydrogen-bond donors (Lipinski definition) is 1. The minimum atomic E-state index is -0.205. The van der Waals surface area contributed by atoms with Crippen molar-refractivity contribution in [1.29, 1.82) is 0 Å². The summed E-state index contributed by atoms with van der Waals surface area (Å²) in [5.74, 6) is 0.483. The Morgan fingerprint density at radius 2 is 1.68 bits per heavy atom. The van der Waals surface area contributed by atoms with Gasteiger partial charge >= 0.3 is 0 Å². The molecule has 2 aromatic heterocycles. The molecule has 2 heterocycles. The first kappa shape index (κ1) is 19.7. The standard InChI is InChI=1S/C21H14ClN3O2.ClH/c22-16-6-7-17-18(12-16)23-19(24-21(17)27)13-25-10-8-15(9-11-25)20(26)14-4-2-1-3-5-14;/h1-12H,13H2;1H. The molecule has 0 atom stereocenters. The van der Waals surface area contributed by atoms with Gasteiger partial charge < -0.3 is 17.4 Å². The highest BCUT2D eigenvalue weighted by Gasteiger charge is 2.12. The van der Waals surface area contributed by atoms with E-state index >= 15 is 0 Å². The molecule has 0 bridgehead atoms. The second kappa shape index (κ2) is 8.33. The predicted molar refractivity (Wildman–Crippen MR) is 103 cm³/mol. The molecular weight excluding hydrogens is 397 g/mol. The number of ketones is 1. The van der Waals surface area contributed by atoms with Crippen LogP contribution >= 0.6 is 11.6 Å². The number of H-pyrrole nitrogens is 1. The zero-order valence-corrected chi connectivity index (χ0v) is 16.1. The number of carbonyl (C=O) groups is 1. The Morgan fingerprint density at radius 3 is 2.39 bits per heavy atom. The second-order valence-corrected chi connectivity index (χ2v) is 6.56. The van der Waals surface area contributed by atoms with E-state index in [0.29, 0.717) is 39.4 Å². The van der Waals surface area contributed by atoms with Gasteiger partial charge in [-0.05, 0) is 18.2 Å². The molecule has 2 aromatic carbocycles. The monoisotopic (exact) mass is 411 g/mol. The van der Waals surface area contributed by atoms with E-state index in [1.54, 1.807) is 54.9 Å². The molecule has 0 spiro atoms. The van der Waals surface area contributed by atoms with Gasteiger partial charge in [0.2, 0.25) is 6.54 Å². The van der Waals surface area contributed by atoms with Gasteiger partial charge in [-0.1, -0.05) is 41.9 Å². The molecule has 5 nitrogen and oxygen atoms in total. The van der Waals surface area contributed by atoms with Gasteiger partial charge in [0, 0.05) is 28.3 Å². The Bertz CT molecular complexity index is 1190. The Balaban J connectivity index is 0.00000225. The largest absolute Gasteiger partial charge is 1.00 e. The van der Waals surface area contributed by atoms with Crippen LogP contribution in [0.25, 0.3) is 10.9 Å². The van der Waals surface area contributed by atoms with Gasteiger partial charge in [-0.3, -0.25) is 9.59 Å². The van der Waals surface area contributed by atoms with Crippen LogP contribution in [0.5, 0.6) is 0 Å². The van der Waals surface area contributed by atoms with Gasteiger partial charge in [-0.15, -0.1) is 0 Å². The van der Waals surface area contributed by atoms with E-state index < -0.39 is 0 Å². The maximum absolute atomic E-state index is 12.5. The highest BCUT2D eigenvalue weighted by molar-refractivity contribution is 6.31. The summed E-state index contributed by atoms with van der Waals surface area (Å²) < 4.78 is 1.84. The minimum absolute atomic E-state index is 0. The average Bonchev–Trinajstić information content (AvgIpc) is 2.68. The van der Waals surface area contributed by atoms with Crippen molar-refractivity contribution in [2.45, 2.75) is 6.54 Å². The first-order valence-corrected chi connectivity index (χ1v) is 8.75. The van der Waals surface area contributed by atoms with Gasteiger partial charge in [0.25, 0.3) is 5.56 Å². The lowest BCUT2D eigenvalue weighted by molar-refractivity contribution is -0.689. The maximum Gasteiger partial charge on any atom is 0.258 e. The van der Waals surface area contributed by atoms with Crippen molar-refractivity contribution >= 4 is 28.3 Å². The second-order valence-electron chi connectivity index (χ2n) is 6.13. The number of nitrogens with zero attached hydrogens (tertiary/aromatic N) is 2. The van der Waals surface area contributed by atoms with Crippen LogP contribution < -0.4 is 22.5 Å². The van der Waals surface area contributed by atoms with Crippen molar-refractivity contribution in [1.82, 2.24) is 9.97 Å². The minimum Gasteiger partial charge on any atom is -1.00 e. The maximum atomic E-state index is 12.5. The fourth-order valence-corrected chi connectivity index (χ4v) is 3.05. The van der Waals surface area contributed by atoms with E-state index in [1.165, 1.54) is 0 Å². The first-order valence-electron chi connectivity index (χ1n) is 8.37. The van der Waals surface area contributed by atoms with Crippen molar-refractivity contribution in [3.8, 4) is 0 Å². The molecule has 4 rings (SSSR count). The van der Waals surface area contributed by atoms with Gasteiger partial charge in [0.15, 0.2) is 24.0 Å². The molecule has 7 heteroatoms. The number of halogens is 2. The molecule has 0 unspecified atom stereocenters. The number of carbonyl (C=O) groups excluding carboxylic acids is 1. The van der Waals surface area contributed by atoms with Crippen LogP contribution in [0.2, 0.25) is 5.02 Å². The summed E-state index contributed by atoms with van der Waals surface area (Å²) in [5.41, 5.74) is 1.60. The lowest BCUT2D eigenvalue weighted by Crippen LogP contribution is -3.00. The smallest absolute Gasteiger partial charge is 0.258 e. The van der Waals surface area contributed by atoms with Crippen LogP contribution in [-0.2, 0) is 6.54 Å². The molecule has 0 aliphatic carbocycles. The van der Waals surface area contributed by atoms with Gasteiger partial charge in [0.05, 0.1) is 10.9 Å². The summed E-state index contributed by atoms with van der Waals surface area (Å²) in [6.07, 6.45) is 3.58. The zero-order valence-electron chi connectivity index (χ0n) is 14.6. The SMILES string of the molecule is O=C(c1ccccc1)c1cc[n+](Cc2nc3cc(Cl)ccc3c(=O)[nH]2)cc1.[Cl-]. The van der Waals surface area contributed by atoms with Gasteiger partial charge in [-0.2, -0.15) is 4.57 Å². The highest BCUT2D eigenvalue weighted by atomic mass is 35.5. The van der Waals surface area contributed by atoms with E-state index in [1.807, 2.05) is 22.8 Å². The fraction of sp³-hybridized carbons (Fsp3) is 0.0476. The van der Waals surface area contributed by atoms with Crippen LogP contribution in [0.1, 0.15) is 21.7 Å². The molecule has 0 radical (unpaired) electrons. The molecule has 0 aliphatic heterocycles. The molecule has 0 fully saturated rings. The predicted octanol–water partition coefficient (Wildman–Crippen LogP) is 0.147. The number of fused-ring (bicyclic) bond motifs is 1. The summed E-state index contributed by atoms with van der Waals surface area (Å²) in [7, 11) is 0. The van der Waals surface area contributed by atoms with E-state index in [-0.39, 0.29) is 23.7 Å². The van der Waals surface area contributed by atoms with Crippen molar-refractivity contribution in [3.05, 3.63) is 105 Å². The Kier molecular flexibility index (Phi) is 5.87. The van der Waals surface area contributed by atoms with E-state index in [9.17, 15) is 9.59 Å². The molecule has 140 valence electrons. The van der Waals surface area contributed by atoms with E-state index in [4.69, 9.17) is 11.6 Å². The summed E-state index contributed by atoms with van der Waals surface area (Å²) >= 11 is 5.99. The molecule has 0 saturated carbocycles.